The smallest absolute Gasteiger partial charge is 0.304 e. The van der Waals surface area contributed by atoms with E-state index in [0.717, 1.165) is 16.7 Å². The van der Waals surface area contributed by atoms with E-state index in [2.05, 4.69) is 41.3 Å². The average Bonchev–Trinajstić information content (AvgIpc) is 2.98. The maximum Gasteiger partial charge on any atom is 0.304 e. The first-order valence-electron chi connectivity index (χ1n) is 8.00. The number of aromatic nitrogens is 2. The number of carboxylic acid groups (broad SMARTS) is 1. The first-order valence-corrected chi connectivity index (χ1v) is 8.00. The molecule has 1 aromatic heterocycles. The Morgan fingerprint density at radius 3 is 2.71 bits per heavy atom. The van der Waals surface area contributed by atoms with Crippen LogP contribution in [-0.2, 0) is 4.79 Å². The van der Waals surface area contributed by atoms with E-state index < -0.39 is 5.97 Å². The van der Waals surface area contributed by atoms with Gasteiger partial charge in [0.2, 0.25) is 0 Å². The molecule has 0 fully saturated rings. The number of benzene rings is 2. The number of hydrogen-bond acceptors (Lipinski definition) is 3. The van der Waals surface area contributed by atoms with Crippen LogP contribution in [0.3, 0.4) is 0 Å². The molecule has 3 N–H and O–H groups in total. The SMILES string of the molecule is Cc1ccc(NC[C@H](CC(=O)O)c2nc3ccccc3[nH]2)cc1C. The van der Waals surface area contributed by atoms with Crippen LogP contribution in [0.1, 0.15) is 29.3 Å². The van der Waals surface area contributed by atoms with Crippen molar-refractivity contribution in [2.75, 3.05) is 11.9 Å². The van der Waals surface area contributed by atoms with Gasteiger partial charge < -0.3 is 15.4 Å². The summed E-state index contributed by atoms with van der Waals surface area (Å²) in [4.78, 5) is 19.0. The average molecular weight is 323 g/mol. The third kappa shape index (κ3) is 3.56. The number of fused-ring (bicyclic) bond motifs is 1. The fraction of sp³-hybridized carbons (Fsp3) is 0.263. The lowest BCUT2D eigenvalue weighted by atomic mass is 10.0. The molecule has 0 radical (unpaired) electrons. The molecule has 124 valence electrons. The summed E-state index contributed by atoms with van der Waals surface area (Å²) in [5, 5.41) is 12.6. The number of aromatic amines is 1. The van der Waals surface area contributed by atoms with Gasteiger partial charge in [-0.2, -0.15) is 0 Å². The van der Waals surface area contributed by atoms with Gasteiger partial charge in [-0.15, -0.1) is 0 Å². The van der Waals surface area contributed by atoms with Crippen LogP contribution in [0.25, 0.3) is 11.0 Å². The van der Waals surface area contributed by atoms with E-state index in [1.165, 1.54) is 11.1 Å². The van der Waals surface area contributed by atoms with Crippen LogP contribution in [0.2, 0.25) is 0 Å². The molecule has 1 heterocycles. The number of hydrogen-bond donors (Lipinski definition) is 3. The number of rotatable bonds is 6. The van der Waals surface area contributed by atoms with E-state index in [1.54, 1.807) is 0 Å². The van der Waals surface area contributed by atoms with Gasteiger partial charge in [0.05, 0.1) is 17.5 Å². The first kappa shape index (κ1) is 16.1. The second-order valence-corrected chi connectivity index (χ2v) is 6.11. The van der Waals surface area contributed by atoms with E-state index >= 15 is 0 Å². The largest absolute Gasteiger partial charge is 0.481 e. The predicted octanol–water partition coefficient (Wildman–Crippen LogP) is 3.85. The number of nitrogens with zero attached hydrogens (tertiary/aromatic N) is 1. The highest BCUT2D eigenvalue weighted by Gasteiger charge is 2.19. The molecule has 0 saturated heterocycles. The molecule has 0 saturated carbocycles. The van der Waals surface area contributed by atoms with Crippen LogP contribution in [-0.4, -0.2) is 27.6 Å². The molecule has 5 nitrogen and oxygen atoms in total. The molecule has 24 heavy (non-hydrogen) atoms. The van der Waals surface area contributed by atoms with Crippen molar-refractivity contribution < 1.29 is 9.90 Å². The summed E-state index contributed by atoms with van der Waals surface area (Å²) >= 11 is 0. The highest BCUT2D eigenvalue weighted by molar-refractivity contribution is 5.75. The lowest BCUT2D eigenvalue weighted by Gasteiger charge is -2.15. The van der Waals surface area contributed by atoms with E-state index in [0.29, 0.717) is 12.4 Å². The van der Waals surface area contributed by atoms with Crippen molar-refractivity contribution >= 4 is 22.7 Å². The van der Waals surface area contributed by atoms with E-state index in [-0.39, 0.29) is 12.3 Å². The predicted molar refractivity (Wildman–Crippen MR) is 95.5 cm³/mol. The third-order valence-electron chi connectivity index (χ3n) is 4.27. The van der Waals surface area contributed by atoms with Crippen molar-refractivity contribution in [1.82, 2.24) is 9.97 Å². The van der Waals surface area contributed by atoms with Gasteiger partial charge in [0, 0.05) is 18.2 Å². The van der Waals surface area contributed by atoms with Crippen molar-refractivity contribution in [3.8, 4) is 0 Å². The fourth-order valence-corrected chi connectivity index (χ4v) is 2.73. The number of para-hydroxylation sites is 2. The quantitative estimate of drug-likeness (QED) is 0.644. The zero-order valence-corrected chi connectivity index (χ0v) is 13.8. The molecule has 5 heteroatoms. The minimum Gasteiger partial charge on any atom is -0.481 e. The van der Waals surface area contributed by atoms with Gasteiger partial charge in [-0.1, -0.05) is 18.2 Å². The highest BCUT2D eigenvalue weighted by Crippen LogP contribution is 2.22. The summed E-state index contributed by atoms with van der Waals surface area (Å²) in [6, 6.07) is 13.9. The zero-order chi connectivity index (χ0) is 17.1. The van der Waals surface area contributed by atoms with Crippen molar-refractivity contribution in [2.45, 2.75) is 26.2 Å². The van der Waals surface area contributed by atoms with E-state index in [4.69, 9.17) is 0 Å². The molecule has 2 aromatic carbocycles. The third-order valence-corrected chi connectivity index (χ3v) is 4.27. The second kappa shape index (κ2) is 6.74. The van der Waals surface area contributed by atoms with Crippen molar-refractivity contribution in [3.05, 3.63) is 59.4 Å². The fourth-order valence-electron chi connectivity index (χ4n) is 2.73. The molecule has 0 amide bonds. The summed E-state index contributed by atoms with van der Waals surface area (Å²) in [5.74, 6) is -0.353. The Morgan fingerprint density at radius 2 is 2.00 bits per heavy atom. The van der Waals surface area contributed by atoms with Crippen LogP contribution < -0.4 is 5.32 Å². The van der Waals surface area contributed by atoms with Crippen LogP contribution in [0.4, 0.5) is 5.69 Å². The standard InChI is InChI=1S/C19H21N3O2/c1-12-7-8-15(9-13(12)2)20-11-14(10-18(23)24)19-21-16-5-3-4-6-17(16)22-19/h3-9,14,20H,10-11H2,1-2H3,(H,21,22)(H,23,24)/t14-/m0/s1. The van der Waals surface area contributed by atoms with Gasteiger partial charge in [0.1, 0.15) is 5.82 Å². The van der Waals surface area contributed by atoms with Crippen LogP contribution in [0, 0.1) is 13.8 Å². The summed E-state index contributed by atoms with van der Waals surface area (Å²) in [7, 11) is 0. The number of H-pyrrole nitrogens is 1. The van der Waals surface area contributed by atoms with Gasteiger partial charge in [-0.3, -0.25) is 4.79 Å². The van der Waals surface area contributed by atoms with Gasteiger partial charge >= 0.3 is 5.97 Å². The number of imidazole rings is 1. The molecule has 1 atom stereocenters. The Labute approximate surface area is 140 Å². The Kier molecular flexibility index (Phi) is 4.51. The number of carboxylic acids is 1. The highest BCUT2D eigenvalue weighted by atomic mass is 16.4. The second-order valence-electron chi connectivity index (χ2n) is 6.11. The normalized spacial score (nSPS) is 12.2. The van der Waals surface area contributed by atoms with Gasteiger partial charge in [-0.25, -0.2) is 4.98 Å². The van der Waals surface area contributed by atoms with Crippen molar-refractivity contribution in [2.24, 2.45) is 0 Å². The number of aryl methyl sites for hydroxylation is 2. The van der Waals surface area contributed by atoms with Gasteiger partial charge in [0.25, 0.3) is 0 Å². The molecular weight excluding hydrogens is 302 g/mol. The first-order chi connectivity index (χ1) is 11.5. The number of anilines is 1. The molecule has 0 aliphatic rings. The van der Waals surface area contributed by atoms with Crippen LogP contribution in [0.15, 0.2) is 42.5 Å². The van der Waals surface area contributed by atoms with Gasteiger partial charge in [-0.05, 0) is 49.2 Å². The molecule has 0 unspecified atom stereocenters. The minimum absolute atomic E-state index is 0.0255. The molecule has 0 aliphatic heterocycles. The number of nitrogens with one attached hydrogen (secondary N) is 2. The molecule has 3 aromatic rings. The van der Waals surface area contributed by atoms with Crippen molar-refractivity contribution in [1.29, 1.82) is 0 Å². The molecule has 0 aliphatic carbocycles. The minimum atomic E-state index is -0.831. The Balaban J connectivity index is 1.80. The summed E-state index contributed by atoms with van der Waals surface area (Å²) in [6.45, 7) is 4.64. The van der Waals surface area contributed by atoms with Crippen LogP contribution in [0.5, 0.6) is 0 Å². The molecule has 0 spiro atoms. The molecule has 3 rings (SSSR count). The van der Waals surface area contributed by atoms with Crippen LogP contribution >= 0.6 is 0 Å². The Bertz CT molecular complexity index is 837. The lowest BCUT2D eigenvalue weighted by molar-refractivity contribution is -0.137. The number of aliphatic carboxylic acids is 1. The Hall–Kier alpha value is -2.82. The Morgan fingerprint density at radius 1 is 1.21 bits per heavy atom. The summed E-state index contributed by atoms with van der Waals surface area (Å²) in [6.07, 6.45) is 0.0255. The lowest BCUT2D eigenvalue weighted by Crippen LogP contribution is -2.17. The monoisotopic (exact) mass is 323 g/mol. The van der Waals surface area contributed by atoms with Gasteiger partial charge in [0.15, 0.2) is 0 Å². The molecule has 0 bridgehead atoms. The van der Waals surface area contributed by atoms with E-state index in [9.17, 15) is 9.90 Å². The maximum atomic E-state index is 11.2. The zero-order valence-electron chi connectivity index (χ0n) is 13.8. The topological polar surface area (TPSA) is 78.0 Å². The summed E-state index contributed by atoms with van der Waals surface area (Å²) < 4.78 is 0. The number of carbonyl (C=O) groups is 1. The van der Waals surface area contributed by atoms with Crippen molar-refractivity contribution in [3.63, 3.8) is 0 Å². The maximum absolute atomic E-state index is 11.2. The molecular formula is C19H21N3O2. The summed E-state index contributed by atoms with van der Waals surface area (Å²) in [5.41, 5.74) is 5.21. The van der Waals surface area contributed by atoms with E-state index in [1.807, 2.05) is 30.3 Å².